The Morgan fingerprint density at radius 2 is 2.05 bits per heavy atom. The van der Waals surface area contributed by atoms with Gasteiger partial charge in [-0.25, -0.2) is 0 Å². The van der Waals surface area contributed by atoms with Gasteiger partial charge in [0, 0.05) is 46.3 Å². The van der Waals surface area contributed by atoms with Crippen molar-refractivity contribution in [2.24, 2.45) is 0 Å². The van der Waals surface area contributed by atoms with Crippen molar-refractivity contribution in [3.63, 3.8) is 0 Å². The minimum atomic E-state index is 0.209. The second-order valence-corrected chi connectivity index (χ2v) is 5.81. The molecule has 2 aliphatic rings. The van der Waals surface area contributed by atoms with Crippen molar-refractivity contribution in [2.45, 2.75) is 38.8 Å². The zero-order valence-corrected chi connectivity index (χ0v) is 12.4. The predicted molar refractivity (Wildman–Crippen MR) is 74.4 cm³/mol. The Kier molecular flexibility index (Phi) is 4.33. The fourth-order valence-corrected chi connectivity index (χ4v) is 3.05. The molecule has 6 nitrogen and oxygen atoms in total. The summed E-state index contributed by atoms with van der Waals surface area (Å²) in [6, 6.07) is 0.209. The molecule has 20 heavy (non-hydrogen) atoms. The molecule has 2 saturated heterocycles. The number of aromatic nitrogens is 2. The van der Waals surface area contributed by atoms with Crippen LogP contribution in [0.2, 0.25) is 0 Å². The third-order valence-electron chi connectivity index (χ3n) is 4.34. The highest BCUT2D eigenvalue weighted by Gasteiger charge is 2.27. The Bertz CT molecular complexity index is 423. The Balaban J connectivity index is 1.48. The van der Waals surface area contributed by atoms with E-state index in [4.69, 9.17) is 9.15 Å². The average molecular weight is 280 g/mol. The van der Waals surface area contributed by atoms with E-state index in [1.54, 1.807) is 0 Å². The van der Waals surface area contributed by atoms with Crippen LogP contribution in [0.3, 0.4) is 0 Å². The molecular formula is C14H24N4O2. The number of aryl methyl sites for hydroxylation is 1. The van der Waals surface area contributed by atoms with Crippen molar-refractivity contribution in [2.75, 3.05) is 39.3 Å². The van der Waals surface area contributed by atoms with Crippen molar-refractivity contribution in [1.29, 1.82) is 0 Å². The van der Waals surface area contributed by atoms with Crippen LogP contribution in [0, 0.1) is 6.92 Å². The summed E-state index contributed by atoms with van der Waals surface area (Å²) in [6.45, 7) is 10.3. The Hall–Kier alpha value is -0.980. The number of piperazine rings is 1. The zero-order chi connectivity index (χ0) is 13.9. The van der Waals surface area contributed by atoms with Gasteiger partial charge < -0.3 is 9.15 Å². The first-order valence-corrected chi connectivity index (χ1v) is 7.60. The molecule has 6 heteroatoms. The van der Waals surface area contributed by atoms with E-state index in [1.165, 1.54) is 12.8 Å². The van der Waals surface area contributed by atoms with Crippen molar-refractivity contribution in [3.05, 3.63) is 11.8 Å². The van der Waals surface area contributed by atoms with E-state index in [-0.39, 0.29) is 6.04 Å². The van der Waals surface area contributed by atoms with Gasteiger partial charge in [0.15, 0.2) is 0 Å². The molecule has 3 heterocycles. The highest BCUT2D eigenvalue weighted by molar-refractivity contribution is 4.90. The first kappa shape index (κ1) is 14.0. The number of hydrogen-bond donors (Lipinski definition) is 0. The average Bonchev–Trinajstić information content (AvgIpc) is 3.10. The third kappa shape index (κ3) is 3.19. The Morgan fingerprint density at radius 3 is 2.65 bits per heavy atom. The topological polar surface area (TPSA) is 54.6 Å². The highest BCUT2D eigenvalue weighted by Crippen LogP contribution is 2.21. The monoisotopic (exact) mass is 280 g/mol. The largest absolute Gasteiger partial charge is 0.424 e. The molecule has 0 amide bonds. The van der Waals surface area contributed by atoms with Gasteiger partial charge in [0.25, 0.3) is 0 Å². The summed E-state index contributed by atoms with van der Waals surface area (Å²) in [4.78, 5) is 4.93. The lowest BCUT2D eigenvalue weighted by molar-refractivity contribution is 0.0386. The van der Waals surface area contributed by atoms with Crippen LogP contribution in [0.5, 0.6) is 0 Å². The van der Waals surface area contributed by atoms with Crippen LogP contribution >= 0.6 is 0 Å². The Labute approximate surface area is 120 Å². The number of ether oxygens (including phenoxy) is 1. The van der Waals surface area contributed by atoms with E-state index in [0.29, 0.717) is 12.0 Å². The van der Waals surface area contributed by atoms with Crippen LogP contribution in [-0.2, 0) is 4.74 Å². The summed E-state index contributed by atoms with van der Waals surface area (Å²) in [5, 5.41) is 8.05. The van der Waals surface area contributed by atoms with Gasteiger partial charge in [0.1, 0.15) is 0 Å². The summed E-state index contributed by atoms with van der Waals surface area (Å²) in [5.74, 6) is 1.37. The third-order valence-corrected chi connectivity index (χ3v) is 4.34. The Morgan fingerprint density at radius 1 is 1.25 bits per heavy atom. The molecule has 0 radical (unpaired) electrons. The number of nitrogens with zero attached hydrogens (tertiary/aromatic N) is 4. The van der Waals surface area contributed by atoms with Crippen LogP contribution < -0.4 is 0 Å². The van der Waals surface area contributed by atoms with E-state index < -0.39 is 0 Å². The zero-order valence-electron chi connectivity index (χ0n) is 12.4. The molecule has 0 aliphatic carbocycles. The summed E-state index contributed by atoms with van der Waals surface area (Å²) in [6.07, 6.45) is 2.90. The molecule has 112 valence electrons. The van der Waals surface area contributed by atoms with Crippen LogP contribution in [0.15, 0.2) is 4.42 Å². The van der Waals surface area contributed by atoms with Gasteiger partial charge >= 0.3 is 0 Å². The summed E-state index contributed by atoms with van der Waals surface area (Å²) in [5.41, 5.74) is 0. The van der Waals surface area contributed by atoms with E-state index in [9.17, 15) is 0 Å². The molecule has 0 N–H and O–H groups in total. The maximum atomic E-state index is 5.71. The summed E-state index contributed by atoms with van der Waals surface area (Å²) >= 11 is 0. The van der Waals surface area contributed by atoms with Gasteiger partial charge in [-0.1, -0.05) is 0 Å². The molecular weight excluding hydrogens is 256 g/mol. The predicted octanol–water partition coefficient (Wildman–Crippen LogP) is 1.24. The summed E-state index contributed by atoms with van der Waals surface area (Å²) < 4.78 is 11.2. The van der Waals surface area contributed by atoms with Gasteiger partial charge in [-0.2, -0.15) is 0 Å². The molecule has 0 aromatic carbocycles. The van der Waals surface area contributed by atoms with Crippen molar-refractivity contribution < 1.29 is 9.15 Å². The molecule has 0 saturated carbocycles. The quantitative estimate of drug-likeness (QED) is 0.827. The highest BCUT2D eigenvalue weighted by atomic mass is 16.5. The standard InChI is InChI=1S/C14H24N4O2/c1-11(14-16-15-12(2)20-14)18-7-5-17(6-8-18)10-13-4-3-9-19-13/h11,13H,3-10H2,1-2H3/t11-,13-/m0/s1. The molecule has 1 aromatic heterocycles. The molecule has 2 fully saturated rings. The molecule has 3 rings (SSSR count). The molecule has 0 spiro atoms. The number of hydrogen-bond acceptors (Lipinski definition) is 6. The lowest BCUT2D eigenvalue weighted by Gasteiger charge is -2.37. The van der Waals surface area contributed by atoms with Crippen LogP contribution in [-0.4, -0.2) is 65.4 Å². The first-order chi connectivity index (χ1) is 9.72. The normalized spacial score (nSPS) is 27.0. The minimum absolute atomic E-state index is 0.209. The molecule has 2 atom stereocenters. The molecule has 0 unspecified atom stereocenters. The second-order valence-electron chi connectivity index (χ2n) is 5.81. The van der Waals surface area contributed by atoms with Gasteiger partial charge in [-0.3, -0.25) is 9.80 Å². The molecule has 1 aromatic rings. The SMILES string of the molecule is Cc1nnc([C@H](C)N2CCN(C[C@@H]3CCCO3)CC2)o1. The summed E-state index contributed by atoms with van der Waals surface area (Å²) in [7, 11) is 0. The maximum absolute atomic E-state index is 5.71. The smallest absolute Gasteiger partial charge is 0.233 e. The van der Waals surface area contributed by atoms with E-state index in [0.717, 1.165) is 45.2 Å². The van der Waals surface area contributed by atoms with Gasteiger partial charge in [-0.05, 0) is 19.8 Å². The minimum Gasteiger partial charge on any atom is -0.424 e. The van der Waals surface area contributed by atoms with Crippen LogP contribution in [0.1, 0.15) is 37.6 Å². The van der Waals surface area contributed by atoms with Gasteiger partial charge in [-0.15, -0.1) is 10.2 Å². The van der Waals surface area contributed by atoms with Crippen molar-refractivity contribution >= 4 is 0 Å². The fraction of sp³-hybridized carbons (Fsp3) is 0.857. The van der Waals surface area contributed by atoms with Crippen molar-refractivity contribution in [3.8, 4) is 0 Å². The maximum Gasteiger partial charge on any atom is 0.233 e. The lowest BCUT2D eigenvalue weighted by atomic mass is 10.2. The lowest BCUT2D eigenvalue weighted by Crippen LogP contribution is -2.49. The van der Waals surface area contributed by atoms with E-state index >= 15 is 0 Å². The molecule has 2 aliphatic heterocycles. The van der Waals surface area contributed by atoms with Crippen molar-refractivity contribution in [1.82, 2.24) is 20.0 Å². The van der Waals surface area contributed by atoms with Gasteiger partial charge in [0.05, 0.1) is 12.1 Å². The fourth-order valence-electron chi connectivity index (χ4n) is 3.05. The van der Waals surface area contributed by atoms with Crippen LogP contribution in [0.25, 0.3) is 0 Å². The van der Waals surface area contributed by atoms with E-state index in [2.05, 4.69) is 26.9 Å². The second kappa shape index (κ2) is 6.20. The number of rotatable bonds is 4. The molecule has 0 bridgehead atoms. The van der Waals surface area contributed by atoms with Gasteiger partial charge in [0.2, 0.25) is 11.8 Å². The van der Waals surface area contributed by atoms with E-state index in [1.807, 2.05) is 6.92 Å². The first-order valence-electron chi connectivity index (χ1n) is 7.60. The van der Waals surface area contributed by atoms with Crippen LogP contribution in [0.4, 0.5) is 0 Å².